The van der Waals surface area contributed by atoms with E-state index in [1.807, 2.05) is 12.1 Å². The van der Waals surface area contributed by atoms with Gasteiger partial charge in [-0.3, -0.25) is 0 Å². The molecule has 0 amide bonds. The van der Waals surface area contributed by atoms with Crippen molar-refractivity contribution in [1.29, 1.82) is 0 Å². The van der Waals surface area contributed by atoms with Crippen LogP contribution in [0.2, 0.25) is 0 Å². The zero-order chi connectivity index (χ0) is 8.60. The van der Waals surface area contributed by atoms with Gasteiger partial charge in [0.25, 0.3) is 10.0 Å². The van der Waals surface area contributed by atoms with E-state index in [0.717, 1.165) is 5.56 Å². The smallest absolute Gasteiger partial charge is 0.205 e. The fourth-order valence-electron chi connectivity index (χ4n) is 1.25. The van der Waals surface area contributed by atoms with Crippen molar-refractivity contribution in [2.45, 2.75) is 6.42 Å². The molecule has 4 heteroatoms. The second-order valence-electron chi connectivity index (χ2n) is 2.76. The minimum atomic E-state index is -3.17. The molecule has 0 N–H and O–H groups in total. The molecule has 1 radical (unpaired) electrons. The summed E-state index contributed by atoms with van der Waals surface area (Å²) in [5.74, 6) is 0.143. The first kappa shape index (κ1) is 7.61. The van der Waals surface area contributed by atoms with E-state index in [1.54, 1.807) is 12.1 Å². The number of fused-ring (bicyclic) bond motifs is 1. The van der Waals surface area contributed by atoms with Crippen molar-refractivity contribution >= 4 is 15.7 Å². The Labute approximate surface area is 71.5 Å². The molecule has 1 heterocycles. The number of aryl methyl sites for hydroxylation is 1. The Morgan fingerprint density at radius 2 is 2.00 bits per heavy atom. The summed E-state index contributed by atoms with van der Waals surface area (Å²) in [6.45, 7) is 0. The van der Waals surface area contributed by atoms with Gasteiger partial charge in [-0.2, -0.15) is 4.72 Å². The summed E-state index contributed by atoms with van der Waals surface area (Å²) in [6.07, 6.45) is 0.585. The number of nitrogens with zero attached hydrogens (tertiary/aromatic N) is 1. The average molecular weight is 182 g/mol. The summed E-state index contributed by atoms with van der Waals surface area (Å²) >= 11 is 0. The van der Waals surface area contributed by atoms with Crippen molar-refractivity contribution in [1.82, 2.24) is 4.72 Å². The van der Waals surface area contributed by atoms with Gasteiger partial charge in [0.1, 0.15) is 0 Å². The summed E-state index contributed by atoms with van der Waals surface area (Å²) in [5.41, 5.74) is 1.62. The molecule has 0 aliphatic carbocycles. The molecule has 0 unspecified atom stereocenters. The first-order chi connectivity index (χ1) is 5.67. The highest BCUT2D eigenvalue weighted by Gasteiger charge is 2.20. The fraction of sp³-hybridized carbons (Fsp3) is 0.250. The molecule has 1 aromatic rings. The highest BCUT2D eigenvalue weighted by Crippen LogP contribution is 2.22. The van der Waals surface area contributed by atoms with Crippen LogP contribution in [0.25, 0.3) is 0 Å². The van der Waals surface area contributed by atoms with Gasteiger partial charge in [0.15, 0.2) is 0 Å². The van der Waals surface area contributed by atoms with Crippen molar-refractivity contribution in [2.24, 2.45) is 0 Å². The van der Waals surface area contributed by atoms with Crippen LogP contribution in [-0.4, -0.2) is 14.2 Å². The number of rotatable bonds is 0. The van der Waals surface area contributed by atoms with Crippen LogP contribution in [0.1, 0.15) is 5.56 Å². The Hall–Kier alpha value is -1.03. The Kier molecular flexibility index (Phi) is 1.58. The third-order valence-corrected chi connectivity index (χ3v) is 3.05. The van der Waals surface area contributed by atoms with E-state index in [1.165, 1.54) is 0 Å². The second kappa shape index (κ2) is 2.48. The van der Waals surface area contributed by atoms with Crippen LogP contribution in [0.3, 0.4) is 0 Å². The molecule has 1 aliphatic heterocycles. The molecule has 12 heavy (non-hydrogen) atoms. The van der Waals surface area contributed by atoms with E-state index in [0.29, 0.717) is 12.1 Å². The first-order valence-electron chi connectivity index (χ1n) is 3.71. The lowest BCUT2D eigenvalue weighted by Gasteiger charge is -2.14. The molecule has 0 bridgehead atoms. The predicted molar refractivity (Wildman–Crippen MR) is 45.7 cm³/mol. The maximum absolute atomic E-state index is 11.0. The van der Waals surface area contributed by atoms with Gasteiger partial charge < -0.3 is 0 Å². The zero-order valence-corrected chi connectivity index (χ0v) is 7.21. The highest BCUT2D eigenvalue weighted by molar-refractivity contribution is 7.89. The Balaban J connectivity index is 2.48. The van der Waals surface area contributed by atoms with Crippen molar-refractivity contribution < 1.29 is 8.42 Å². The van der Waals surface area contributed by atoms with Gasteiger partial charge in [-0.15, -0.1) is 0 Å². The SMILES string of the molecule is O=S1(=O)CCc2ccccc2[N]1. The van der Waals surface area contributed by atoms with Crippen molar-refractivity contribution in [3.05, 3.63) is 29.8 Å². The molecule has 0 saturated heterocycles. The van der Waals surface area contributed by atoms with Crippen LogP contribution in [0, 0.1) is 0 Å². The summed E-state index contributed by atoms with van der Waals surface area (Å²) < 4.78 is 25.7. The van der Waals surface area contributed by atoms with E-state index in [9.17, 15) is 8.42 Å². The third kappa shape index (κ3) is 1.30. The summed E-state index contributed by atoms with van der Waals surface area (Å²) in [6, 6.07) is 7.33. The van der Waals surface area contributed by atoms with Crippen molar-refractivity contribution in [3.63, 3.8) is 0 Å². The van der Waals surface area contributed by atoms with Gasteiger partial charge in [-0.05, 0) is 18.1 Å². The standard InChI is InChI=1S/C8H8NO2S/c10-12(11)6-5-7-3-1-2-4-8(7)9-12/h1-4H,5-6H2. The van der Waals surface area contributed by atoms with Crippen LogP contribution in [0.5, 0.6) is 0 Å². The Morgan fingerprint density at radius 1 is 1.25 bits per heavy atom. The zero-order valence-electron chi connectivity index (χ0n) is 6.40. The molecule has 3 nitrogen and oxygen atoms in total. The molecule has 0 atom stereocenters. The monoisotopic (exact) mass is 182 g/mol. The van der Waals surface area contributed by atoms with Crippen LogP contribution in [0.15, 0.2) is 24.3 Å². The number of sulfonamides is 1. The fourth-order valence-corrected chi connectivity index (χ4v) is 2.29. The average Bonchev–Trinajstić information content (AvgIpc) is 2.02. The molecular formula is C8H8NO2S. The molecule has 0 spiro atoms. The molecule has 1 aromatic carbocycles. The van der Waals surface area contributed by atoms with Gasteiger partial charge in [0.2, 0.25) is 0 Å². The molecular weight excluding hydrogens is 174 g/mol. The number of hydrogen-bond acceptors (Lipinski definition) is 2. The van der Waals surface area contributed by atoms with E-state index >= 15 is 0 Å². The molecule has 0 fully saturated rings. The third-order valence-electron chi connectivity index (χ3n) is 1.86. The maximum Gasteiger partial charge on any atom is 0.253 e. The lowest BCUT2D eigenvalue weighted by atomic mass is 10.1. The van der Waals surface area contributed by atoms with E-state index < -0.39 is 10.0 Å². The molecule has 0 aromatic heterocycles. The second-order valence-corrected chi connectivity index (χ2v) is 4.51. The minimum Gasteiger partial charge on any atom is -0.205 e. The van der Waals surface area contributed by atoms with Gasteiger partial charge in [0.05, 0.1) is 11.4 Å². The number of hydrogen-bond donors (Lipinski definition) is 0. The molecule has 63 valence electrons. The van der Waals surface area contributed by atoms with E-state index in [-0.39, 0.29) is 5.75 Å². The molecule has 1 aliphatic rings. The normalized spacial score (nSPS) is 19.3. The molecule has 0 saturated carbocycles. The quantitative estimate of drug-likeness (QED) is 0.596. The van der Waals surface area contributed by atoms with E-state index in [4.69, 9.17) is 0 Å². The number of benzene rings is 1. The van der Waals surface area contributed by atoms with Crippen LogP contribution >= 0.6 is 0 Å². The van der Waals surface area contributed by atoms with Gasteiger partial charge in [-0.1, -0.05) is 18.2 Å². The highest BCUT2D eigenvalue weighted by atomic mass is 32.2. The van der Waals surface area contributed by atoms with E-state index in [2.05, 4.69) is 4.72 Å². The lowest BCUT2D eigenvalue weighted by Crippen LogP contribution is -2.22. The molecule has 2 rings (SSSR count). The van der Waals surface area contributed by atoms with Crippen molar-refractivity contribution in [3.8, 4) is 0 Å². The summed E-state index contributed by atoms with van der Waals surface area (Å²) in [7, 11) is -3.17. The van der Waals surface area contributed by atoms with Crippen LogP contribution in [0.4, 0.5) is 5.69 Å². The largest absolute Gasteiger partial charge is 0.253 e. The van der Waals surface area contributed by atoms with Gasteiger partial charge in [0, 0.05) is 0 Å². The summed E-state index contributed by atoms with van der Waals surface area (Å²) in [4.78, 5) is 0. The van der Waals surface area contributed by atoms with Gasteiger partial charge >= 0.3 is 0 Å². The Morgan fingerprint density at radius 3 is 2.83 bits per heavy atom. The minimum absolute atomic E-state index is 0.143. The Bertz CT molecular complexity index is 397. The predicted octanol–water partition coefficient (Wildman–Crippen LogP) is 0.808. The first-order valence-corrected chi connectivity index (χ1v) is 5.32. The maximum atomic E-state index is 11.0. The summed E-state index contributed by atoms with van der Waals surface area (Å²) in [5, 5.41) is 0. The lowest BCUT2D eigenvalue weighted by molar-refractivity contribution is 0.587. The van der Waals surface area contributed by atoms with Gasteiger partial charge in [-0.25, -0.2) is 8.42 Å². The topological polar surface area (TPSA) is 48.2 Å². The van der Waals surface area contributed by atoms with Crippen LogP contribution < -0.4 is 4.72 Å². The van der Waals surface area contributed by atoms with Crippen molar-refractivity contribution in [2.75, 3.05) is 5.75 Å². The van der Waals surface area contributed by atoms with Crippen LogP contribution in [-0.2, 0) is 16.4 Å².